The van der Waals surface area contributed by atoms with E-state index in [-0.39, 0.29) is 7.43 Å². The average Bonchev–Trinajstić information content (AvgIpc) is 4.00. The summed E-state index contributed by atoms with van der Waals surface area (Å²) < 4.78 is 13.7. The van der Waals surface area contributed by atoms with Gasteiger partial charge in [0.05, 0.1) is 16.7 Å². The van der Waals surface area contributed by atoms with Crippen LogP contribution in [-0.2, 0) is 9.47 Å². The maximum Gasteiger partial charge on any atom is 0.126 e. The number of ether oxygens (including phenoxy) is 2. The number of nitrogens with zero attached hydrogens (tertiary/aromatic N) is 5. The van der Waals surface area contributed by atoms with Crippen LogP contribution in [0.25, 0.3) is 27.5 Å². The fraction of sp³-hybridized carbons (Fsp3) is 0.455. The van der Waals surface area contributed by atoms with Crippen molar-refractivity contribution in [1.29, 1.82) is 0 Å². The smallest absolute Gasteiger partial charge is 0.126 e. The van der Waals surface area contributed by atoms with E-state index in [0.29, 0.717) is 11.6 Å². The topological polar surface area (TPSA) is 179 Å². The highest BCUT2D eigenvalue weighted by Gasteiger charge is 2.15. The van der Waals surface area contributed by atoms with Gasteiger partial charge >= 0.3 is 0 Å². The standard InChI is InChI=1S/C19H23N5O.C16H20BrN3O.C5H13N.C3H4N2.CH4/c20-19-13-17(21-8-4-14-5-10-25-11-6-14)16-3-2-15(12-18(16)23-19)24-9-1-7-22-24;17-12-1-2-13-14(10-16(18)20-15(13)9-12)19-6-3-11-4-7-21-8-5-11;1-3-4-5-6-2;1-2-4-5-3-1;/h1-3,7,9,12-14H,4-6,8,10-11H2,(H3,20,21,23);1-2,9-11H,3-8H2,(H3,18,19,20);6H,3-5H2,1-2H3;1-3H,(H,4,5);1H4. The van der Waals surface area contributed by atoms with Crippen molar-refractivity contribution in [2.45, 2.75) is 65.7 Å². The zero-order chi connectivity index (χ0) is 40.1. The molecule has 2 aromatic carbocycles. The molecule has 4 aromatic heterocycles. The minimum absolute atomic E-state index is 0. The van der Waals surface area contributed by atoms with Gasteiger partial charge in [-0.2, -0.15) is 10.2 Å². The Morgan fingerprint density at radius 2 is 1.36 bits per heavy atom. The number of benzene rings is 2. The summed E-state index contributed by atoms with van der Waals surface area (Å²) >= 11 is 3.47. The molecule has 0 saturated carbocycles. The highest BCUT2D eigenvalue weighted by Crippen LogP contribution is 2.29. The number of aromatic amines is 1. The second-order valence-electron chi connectivity index (χ2n) is 14.3. The second kappa shape index (κ2) is 25.6. The summed E-state index contributed by atoms with van der Waals surface area (Å²) in [4.78, 5) is 8.87. The second-order valence-corrected chi connectivity index (χ2v) is 15.2. The summed E-state index contributed by atoms with van der Waals surface area (Å²) in [6.07, 6.45) is 16.7. The van der Waals surface area contributed by atoms with Crippen LogP contribution in [0.3, 0.4) is 0 Å². The first kappa shape index (κ1) is 45.9. The molecular weight excluding hydrogens is 794 g/mol. The number of anilines is 4. The zero-order valence-corrected chi connectivity index (χ0v) is 35.0. The summed E-state index contributed by atoms with van der Waals surface area (Å²) in [5.74, 6) is 2.59. The number of rotatable bonds is 12. The lowest BCUT2D eigenvalue weighted by Crippen LogP contribution is -2.18. The number of aromatic nitrogens is 6. The third kappa shape index (κ3) is 15.2. The largest absolute Gasteiger partial charge is 0.384 e. The van der Waals surface area contributed by atoms with Gasteiger partial charge in [-0.3, -0.25) is 5.10 Å². The van der Waals surface area contributed by atoms with E-state index >= 15 is 0 Å². The summed E-state index contributed by atoms with van der Waals surface area (Å²) in [6.45, 7) is 8.85. The van der Waals surface area contributed by atoms with Gasteiger partial charge in [-0.05, 0) is 119 Å². The Morgan fingerprint density at radius 3 is 1.83 bits per heavy atom. The summed E-state index contributed by atoms with van der Waals surface area (Å²) in [5, 5.41) is 22.8. The van der Waals surface area contributed by atoms with Gasteiger partial charge in [-0.1, -0.05) is 36.7 Å². The first-order chi connectivity index (χ1) is 27.9. The van der Waals surface area contributed by atoms with Crippen molar-refractivity contribution < 1.29 is 9.47 Å². The molecule has 2 aliphatic rings. The molecule has 2 fully saturated rings. The van der Waals surface area contributed by atoms with Crippen LogP contribution >= 0.6 is 15.9 Å². The number of unbranched alkanes of at least 4 members (excludes halogenated alkanes) is 1. The number of hydrogen-bond acceptors (Lipinski definition) is 11. The van der Waals surface area contributed by atoms with Gasteiger partial charge in [-0.25, -0.2) is 14.6 Å². The Labute approximate surface area is 352 Å². The fourth-order valence-electron chi connectivity index (χ4n) is 6.78. The van der Waals surface area contributed by atoms with Gasteiger partial charge < -0.3 is 36.9 Å². The van der Waals surface area contributed by atoms with Crippen LogP contribution < -0.4 is 27.4 Å². The van der Waals surface area contributed by atoms with E-state index in [2.05, 4.69) is 82.3 Å². The van der Waals surface area contributed by atoms with Gasteiger partial charge in [0, 0.05) is 103 Å². The van der Waals surface area contributed by atoms with Crippen molar-refractivity contribution in [1.82, 2.24) is 35.3 Å². The number of nitrogens with two attached hydrogens (primary N) is 2. The Balaban J connectivity index is 0.000000203. The molecule has 0 aliphatic carbocycles. The van der Waals surface area contributed by atoms with Crippen molar-refractivity contribution in [2.75, 3.05) is 75.2 Å². The molecule has 6 heterocycles. The molecule has 8 N–H and O–H groups in total. The molecular formula is C44H64BrN11O2. The molecule has 2 saturated heterocycles. The lowest BCUT2D eigenvalue weighted by atomic mass is 9.96. The van der Waals surface area contributed by atoms with E-state index in [4.69, 9.17) is 20.9 Å². The summed E-state index contributed by atoms with van der Waals surface area (Å²) in [6, 6.07) is 19.8. The quantitative estimate of drug-likeness (QED) is 0.0647. The Morgan fingerprint density at radius 1 is 0.776 bits per heavy atom. The first-order valence-electron chi connectivity index (χ1n) is 20.2. The molecule has 0 spiro atoms. The molecule has 0 amide bonds. The first-order valence-corrected chi connectivity index (χ1v) is 21.0. The van der Waals surface area contributed by atoms with Crippen LogP contribution in [0.2, 0.25) is 0 Å². The summed E-state index contributed by atoms with van der Waals surface area (Å²) in [5.41, 5.74) is 16.8. The lowest BCUT2D eigenvalue weighted by Gasteiger charge is -2.22. The number of fused-ring (bicyclic) bond motifs is 2. The maximum atomic E-state index is 6.02. The highest BCUT2D eigenvalue weighted by atomic mass is 79.9. The highest BCUT2D eigenvalue weighted by molar-refractivity contribution is 9.10. The average molecular weight is 859 g/mol. The van der Waals surface area contributed by atoms with Crippen molar-refractivity contribution in [2.24, 2.45) is 11.8 Å². The van der Waals surface area contributed by atoms with E-state index in [1.165, 1.54) is 32.1 Å². The molecule has 8 rings (SSSR count). The Bertz CT molecular complexity index is 1970. The molecule has 6 aromatic rings. The van der Waals surface area contributed by atoms with Crippen LogP contribution in [0, 0.1) is 11.8 Å². The molecule has 2 aliphatic heterocycles. The van der Waals surface area contributed by atoms with Crippen molar-refractivity contribution in [3.63, 3.8) is 0 Å². The number of nitrogen functional groups attached to an aromatic ring is 2. The van der Waals surface area contributed by atoms with Gasteiger partial charge in [0.2, 0.25) is 0 Å². The molecule has 0 atom stereocenters. The Hall–Kier alpha value is -4.76. The lowest BCUT2D eigenvalue weighted by molar-refractivity contribution is 0.0648. The van der Waals surface area contributed by atoms with E-state index in [0.717, 1.165) is 121 Å². The molecule has 314 valence electrons. The SMILES string of the molecule is C.CCCCNC.Nc1cc(NCCC2CCOCC2)c2ccc(-n3cccn3)cc2n1.Nc1cc(NCCC2CCOCC2)c2ccc(Br)cc2n1.c1cn[nH]c1. The van der Waals surface area contributed by atoms with Crippen molar-refractivity contribution in [3.8, 4) is 5.69 Å². The minimum atomic E-state index is 0. The van der Waals surface area contributed by atoms with Crippen molar-refractivity contribution in [3.05, 3.63) is 89.9 Å². The van der Waals surface area contributed by atoms with Crippen molar-refractivity contribution >= 4 is 60.7 Å². The minimum Gasteiger partial charge on any atom is -0.384 e. The monoisotopic (exact) mass is 857 g/mol. The van der Waals surface area contributed by atoms with Crippen LogP contribution in [0.4, 0.5) is 23.0 Å². The van der Waals surface area contributed by atoms with Gasteiger partial charge in [0.25, 0.3) is 0 Å². The van der Waals surface area contributed by atoms with Crippen LogP contribution in [0.1, 0.15) is 65.7 Å². The summed E-state index contributed by atoms with van der Waals surface area (Å²) in [7, 11) is 1.98. The number of hydrogen-bond donors (Lipinski definition) is 6. The predicted molar refractivity (Wildman–Crippen MR) is 245 cm³/mol. The molecule has 0 unspecified atom stereocenters. The third-order valence-corrected chi connectivity index (χ3v) is 10.5. The molecule has 0 radical (unpaired) electrons. The van der Waals surface area contributed by atoms with Gasteiger partial charge in [-0.15, -0.1) is 0 Å². The number of pyridine rings is 2. The van der Waals surface area contributed by atoms with E-state index in [9.17, 15) is 0 Å². The number of halogens is 1. The normalized spacial score (nSPS) is 14.2. The van der Waals surface area contributed by atoms with Crippen LogP contribution in [-0.4, -0.2) is 83.1 Å². The number of H-pyrrole nitrogens is 1. The molecule has 58 heavy (non-hydrogen) atoms. The number of nitrogens with one attached hydrogen (secondary N) is 4. The molecule has 13 nitrogen and oxygen atoms in total. The molecule has 14 heteroatoms. The molecule has 0 bridgehead atoms. The Kier molecular flexibility index (Phi) is 20.3. The van der Waals surface area contributed by atoms with E-state index in [1.54, 1.807) is 18.6 Å². The van der Waals surface area contributed by atoms with Gasteiger partial charge in [0.15, 0.2) is 0 Å². The van der Waals surface area contributed by atoms with E-state index < -0.39 is 0 Å². The third-order valence-electron chi connectivity index (χ3n) is 9.98. The maximum absolute atomic E-state index is 6.02. The van der Waals surface area contributed by atoms with Gasteiger partial charge in [0.1, 0.15) is 11.6 Å². The van der Waals surface area contributed by atoms with E-state index in [1.807, 2.05) is 60.4 Å². The van der Waals surface area contributed by atoms with Crippen LogP contribution in [0.15, 0.2) is 89.9 Å². The van der Waals surface area contributed by atoms with Crippen LogP contribution in [0.5, 0.6) is 0 Å². The fourth-order valence-corrected chi connectivity index (χ4v) is 7.13. The predicted octanol–water partition coefficient (Wildman–Crippen LogP) is 9.09. The zero-order valence-electron chi connectivity index (χ0n) is 33.4.